The highest BCUT2D eigenvalue weighted by Crippen LogP contribution is 2.25. The molecule has 0 spiro atoms. The lowest BCUT2D eigenvalue weighted by Gasteiger charge is -2.22. The molecular formula is C17H27ClN2OS2. The van der Waals surface area contributed by atoms with Crippen molar-refractivity contribution in [2.24, 2.45) is 0 Å². The maximum atomic E-state index is 12.2. The second-order valence-corrected chi connectivity index (χ2v) is 8.64. The summed E-state index contributed by atoms with van der Waals surface area (Å²) in [4.78, 5) is 12.2. The fourth-order valence-electron chi connectivity index (χ4n) is 2.41. The number of anilines is 1. The quantitative estimate of drug-likeness (QED) is 0.786. The van der Waals surface area contributed by atoms with Gasteiger partial charge in [0, 0.05) is 42.0 Å². The Labute approximate surface area is 154 Å². The van der Waals surface area contributed by atoms with E-state index in [0.29, 0.717) is 17.7 Å². The summed E-state index contributed by atoms with van der Waals surface area (Å²) < 4.78 is 0. The number of rotatable bonds is 6. The van der Waals surface area contributed by atoms with Gasteiger partial charge in [-0.25, -0.2) is 0 Å². The summed E-state index contributed by atoms with van der Waals surface area (Å²) in [6.45, 7) is 7.52. The zero-order valence-electron chi connectivity index (χ0n) is 14.1. The molecule has 0 aliphatic carbocycles. The van der Waals surface area contributed by atoms with E-state index in [0.717, 1.165) is 29.5 Å². The molecule has 3 nitrogen and oxygen atoms in total. The summed E-state index contributed by atoms with van der Waals surface area (Å²) in [6.07, 6.45) is 0.553. The molecule has 1 saturated heterocycles. The molecule has 2 N–H and O–H groups in total. The fraction of sp³-hybridized carbons (Fsp3) is 0.588. The number of carbonyl (C=O) groups is 1. The smallest absolute Gasteiger partial charge is 0.225 e. The summed E-state index contributed by atoms with van der Waals surface area (Å²) in [5.74, 6) is 3.27. The molecule has 130 valence electrons. The van der Waals surface area contributed by atoms with Crippen LogP contribution in [0.15, 0.2) is 18.2 Å². The van der Waals surface area contributed by atoms with Gasteiger partial charge in [-0.15, -0.1) is 12.4 Å². The minimum atomic E-state index is 0. The van der Waals surface area contributed by atoms with Gasteiger partial charge in [0.2, 0.25) is 5.91 Å². The van der Waals surface area contributed by atoms with Crippen LogP contribution in [0.4, 0.5) is 5.69 Å². The van der Waals surface area contributed by atoms with Gasteiger partial charge in [-0.3, -0.25) is 4.79 Å². The fourth-order valence-corrected chi connectivity index (χ4v) is 4.18. The van der Waals surface area contributed by atoms with Gasteiger partial charge < -0.3 is 10.6 Å². The van der Waals surface area contributed by atoms with E-state index in [1.54, 1.807) is 0 Å². The molecule has 1 atom stereocenters. The standard InChI is InChI=1S/C17H26N2OS2.ClH/c1-12(2)22-10-14-5-4-6-16(13(14)3)19-17(20)9-15-11-21-8-7-18-15;/h4-6,12,15,18H,7-11H2,1-3H3,(H,19,20);1H. The van der Waals surface area contributed by atoms with Crippen molar-refractivity contribution < 1.29 is 4.79 Å². The first-order valence-electron chi connectivity index (χ1n) is 7.87. The summed E-state index contributed by atoms with van der Waals surface area (Å²) in [5.41, 5.74) is 3.45. The first kappa shape index (κ1) is 20.7. The van der Waals surface area contributed by atoms with Crippen molar-refractivity contribution in [1.82, 2.24) is 5.32 Å². The molecule has 0 saturated carbocycles. The van der Waals surface area contributed by atoms with Crippen LogP contribution < -0.4 is 10.6 Å². The Kier molecular flexibility index (Phi) is 9.44. The van der Waals surface area contributed by atoms with Crippen LogP contribution in [0.1, 0.15) is 31.4 Å². The van der Waals surface area contributed by atoms with Crippen LogP contribution in [0, 0.1) is 6.92 Å². The van der Waals surface area contributed by atoms with E-state index in [2.05, 4.69) is 37.5 Å². The molecule has 1 aliphatic rings. The maximum absolute atomic E-state index is 12.2. The SMILES string of the molecule is Cc1c(CSC(C)C)cccc1NC(=O)CC1CSCCN1.Cl. The van der Waals surface area contributed by atoms with Crippen LogP contribution in [-0.4, -0.2) is 35.2 Å². The molecule has 2 rings (SSSR count). The maximum Gasteiger partial charge on any atom is 0.225 e. The number of benzene rings is 1. The van der Waals surface area contributed by atoms with Crippen LogP contribution in [0.5, 0.6) is 0 Å². The predicted molar refractivity (Wildman–Crippen MR) is 107 cm³/mol. The number of halogens is 1. The van der Waals surface area contributed by atoms with Crippen molar-refractivity contribution >= 4 is 47.5 Å². The van der Waals surface area contributed by atoms with E-state index in [-0.39, 0.29) is 18.3 Å². The van der Waals surface area contributed by atoms with E-state index >= 15 is 0 Å². The second kappa shape index (κ2) is 10.5. The zero-order valence-corrected chi connectivity index (χ0v) is 16.5. The van der Waals surface area contributed by atoms with Gasteiger partial charge >= 0.3 is 0 Å². The van der Waals surface area contributed by atoms with Crippen molar-refractivity contribution in [3.05, 3.63) is 29.3 Å². The van der Waals surface area contributed by atoms with E-state index in [1.165, 1.54) is 11.1 Å². The largest absolute Gasteiger partial charge is 0.326 e. The number of nitrogens with one attached hydrogen (secondary N) is 2. The van der Waals surface area contributed by atoms with Gasteiger partial charge in [-0.2, -0.15) is 23.5 Å². The van der Waals surface area contributed by atoms with Crippen molar-refractivity contribution in [3.8, 4) is 0 Å². The third kappa shape index (κ3) is 6.96. The first-order chi connectivity index (χ1) is 10.6. The van der Waals surface area contributed by atoms with Crippen molar-refractivity contribution in [3.63, 3.8) is 0 Å². The second-order valence-electron chi connectivity index (χ2n) is 5.93. The Morgan fingerprint density at radius 3 is 2.91 bits per heavy atom. The van der Waals surface area contributed by atoms with E-state index < -0.39 is 0 Å². The minimum absolute atomic E-state index is 0. The van der Waals surface area contributed by atoms with Crippen molar-refractivity contribution in [2.45, 2.75) is 44.2 Å². The number of hydrogen-bond donors (Lipinski definition) is 2. The van der Waals surface area contributed by atoms with Gasteiger partial charge in [-0.1, -0.05) is 26.0 Å². The molecule has 6 heteroatoms. The highest BCUT2D eigenvalue weighted by Gasteiger charge is 2.17. The normalized spacial score (nSPS) is 17.7. The Bertz CT molecular complexity index is 505. The lowest BCUT2D eigenvalue weighted by Crippen LogP contribution is -2.39. The van der Waals surface area contributed by atoms with E-state index in [1.807, 2.05) is 35.7 Å². The lowest BCUT2D eigenvalue weighted by atomic mass is 10.1. The average Bonchev–Trinajstić information content (AvgIpc) is 2.49. The van der Waals surface area contributed by atoms with Gasteiger partial charge in [0.15, 0.2) is 0 Å². The summed E-state index contributed by atoms with van der Waals surface area (Å²) in [5, 5.41) is 7.12. The summed E-state index contributed by atoms with van der Waals surface area (Å²) in [6, 6.07) is 6.49. The Morgan fingerprint density at radius 2 is 2.26 bits per heavy atom. The highest BCUT2D eigenvalue weighted by molar-refractivity contribution is 7.99. The minimum Gasteiger partial charge on any atom is -0.326 e. The third-order valence-corrected chi connectivity index (χ3v) is 6.00. The van der Waals surface area contributed by atoms with E-state index in [4.69, 9.17) is 0 Å². The van der Waals surface area contributed by atoms with Crippen LogP contribution in [0.2, 0.25) is 0 Å². The van der Waals surface area contributed by atoms with Crippen LogP contribution >= 0.6 is 35.9 Å². The van der Waals surface area contributed by atoms with E-state index in [9.17, 15) is 4.79 Å². The Morgan fingerprint density at radius 1 is 1.48 bits per heavy atom. The molecule has 1 aliphatic heterocycles. The van der Waals surface area contributed by atoms with Gasteiger partial charge in [0.1, 0.15) is 0 Å². The molecule has 0 bridgehead atoms. The van der Waals surface area contributed by atoms with Gasteiger partial charge in [0.25, 0.3) is 0 Å². The molecular weight excluding hydrogens is 348 g/mol. The monoisotopic (exact) mass is 374 g/mol. The summed E-state index contributed by atoms with van der Waals surface area (Å²) >= 11 is 3.85. The molecule has 0 aromatic heterocycles. The number of amides is 1. The molecule has 1 amide bonds. The first-order valence-corrected chi connectivity index (χ1v) is 10.1. The number of carbonyl (C=O) groups excluding carboxylic acids is 1. The topological polar surface area (TPSA) is 41.1 Å². The number of thioether (sulfide) groups is 2. The molecule has 1 heterocycles. The van der Waals surface area contributed by atoms with Crippen LogP contribution in [-0.2, 0) is 10.5 Å². The average molecular weight is 375 g/mol. The van der Waals surface area contributed by atoms with Crippen molar-refractivity contribution in [1.29, 1.82) is 0 Å². The predicted octanol–water partition coefficient (Wildman–Crippen LogP) is 4.09. The Hall–Kier alpha value is -0.360. The summed E-state index contributed by atoms with van der Waals surface area (Å²) in [7, 11) is 0. The third-order valence-electron chi connectivity index (χ3n) is 3.72. The van der Waals surface area contributed by atoms with Gasteiger partial charge in [0.05, 0.1) is 0 Å². The van der Waals surface area contributed by atoms with Crippen LogP contribution in [0.3, 0.4) is 0 Å². The zero-order chi connectivity index (χ0) is 15.9. The Balaban J connectivity index is 0.00000264. The van der Waals surface area contributed by atoms with Crippen LogP contribution in [0.25, 0.3) is 0 Å². The molecule has 23 heavy (non-hydrogen) atoms. The van der Waals surface area contributed by atoms with Crippen molar-refractivity contribution in [2.75, 3.05) is 23.4 Å². The molecule has 1 aromatic carbocycles. The molecule has 1 unspecified atom stereocenters. The molecule has 1 aromatic rings. The van der Waals surface area contributed by atoms with Gasteiger partial charge in [-0.05, 0) is 29.4 Å². The molecule has 0 radical (unpaired) electrons. The number of hydrogen-bond acceptors (Lipinski definition) is 4. The molecule has 1 fully saturated rings. The highest BCUT2D eigenvalue weighted by atomic mass is 35.5. The lowest BCUT2D eigenvalue weighted by molar-refractivity contribution is -0.116.